The predicted octanol–water partition coefficient (Wildman–Crippen LogP) is 3.26. The average molecular weight is 225 g/mol. The molecule has 0 aromatic rings. The average Bonchev–Trinajstić information content (AvgIpc) is 2.35. The zero-order chi connectivity index (χ0) is 12.0. The van der Waals surface area contributed by atoms with Crippen molar-refractivity contribution < 1.29 is 4.79 Å². The number of Topliss-reactive ketones (excluding diaryl/α,β-unsaturated/α-hetero) is 1. The molecule has 1 unspecified atom stereocenters. The maximum Gasteiger partial charge on any atom is 0.149 e. The minimum Gasteiger partial charge on any atom is -0.298 e. The largest absolute Gasteiger partial charge is 0.298 e. The third-order valence-corrected chi connectivity index (χ3v) is 4.04. The Labute approximate surface area is 100 Å². The van der Waals surface area contributed by atoms with Crippen LogP contribution in [0.1, 0.15) is 59.3 Å². The Balaban J connectivity index is 2.41. The fraction of sp³-hybridized carbons (Fsp3) is 0.929. The van der Waals surface area contributed by atoms with E-state index in [-0.39, 0.29) is 0 Å². The number of hydrogen-bond donors (Lipinski definition) is 0. The summed E-state index contributed by atoms with van der Waals surface area (Å²) in [5, 5.41) is 0. The Bertz CT molecular complexity index is 209. The van der Waals surface area contributed by atoms with Crippen LogP contribution in [0.15, 0.2) is 0 Å². The fourth-order valence-electron chi connectivity index (χ4n) is 2.59. The molecule has 0 amide bonds. The number of carbonyl (C=O) groups excluding carboxylic acids is 1. The summed E-state index contributed by atoms with van der Waals surface area (Å²) in [5.41, 5.74) is 0. The van der Waals surface area contributed by atoms with Crippen LogP contribution in [-0.4, -0.2) is 29.8 Å². The summed E-state index contributed by atoms with van der Waals surface area (Å²) in [4.78, 5) is 14.5. The summed E-state index contributed by atoms with van der Waals surface area (Å²) in [6, 6.07) is 0.539. The molecule has 0 N–H and O–H groups in total. The second-order valence-electron chi connectivity index (χ2n) is 5.12. The highest BCUT2D eigenvalue weighted by Gasteiger charge is 2.23. The number of likely N-dealkylation sites (N-methyl/N-ethyl adjacent to an activating group) is 1. The molecule has 0 saturated heterocycles. The fourth-order valence-corrected chi connectivity index (χ4v) is 2.59. The van der Waals surface area contributed by atoms with E-state index in [0.29, 0.717) is 24.3 Å². The minimum absolute atomic E-state index is 0.367. The van der Waals surface area contributed by atoms with Crippen molar-refractivity contribution >= 4 is 5.78 Å². The zero-order valence-electron chi connectivity index (χ0n) is 11.2. The van der Waals surface area contributed by atoms with Gasteiger partial charge in [-0.25, -0.2) is 0 Å². The molecular formula is C14H27NO. The molecular weight excluding hydrogens is 198 g/mol. The van der Waals surface area contributed by atoms with E-state index < -0.39 is 0 Å². The lowest BCUT2D eigenvalue weighted by Gasteiger charge is -2.29. The molecule has 16 heavy (non-hydrogen) atoms. The lowest BCUT2D eigenvalue weighted by atomic mass is 9.86. The molecule has 0 heterocycles. The molecule has 1 aliphatic rings. The number of nitrogens with zero attached hydrogens (tertiary/aromatic N) is 1. The van der Waals surface area contributed by atoms with E-state index in [1.54, 1.807) is 0 Å². The van der Waals surface area contributed by atoms with Crippen molar-refractivity contribution in [1.82, 2.24) is 4.90 Å². The maximum atomic E-state index is 12.1. The Morgan fingerprint density at radius 2 is 1.88 bits per heavy atom. The molecule has 0 aliphatic heterocycles. The van der Waals surface area contributed by atoms with Gasteiger partial charge in [-0.3, -0.25) is 9.69 Å². The van der Waals surface area contributed by atoms with Gasteiger partial charge in [-0.05, 0) is 32.7 Å². The van der Waals surface area contributed by atoms with E-state index in [2.05, 4.69) is 25.7 Å². The third kappa shape index (κ3) is 3.89. The molecule has 0 spiro atoms. The van der Waals surface area contributed by atoms with Crippen LogP contribution < -0.4 is 0 Å². The summed E-state index contributed by atoms with van der Waals surface area (Å²) in [5.74, 6) is 0.855. The zero-order valence-corrected chi connectivity index (χ0v) is 11.2. The molecule has 1 atom stereocenters. The minimum atomic E-state index is 0.367. The number of carbonyl (C=O) groups is 1. The van der Waals surface area contributed by atoms with Gasteiger partial charge >= 0.3 is 0 Å². The smallest absolute Gasteiger partial charge is 0.149 e. The van der Waals surface area contributed by atoms with Gasteiger partial charge in [0.15, 0.2) is 0 Å². The van der Waals surface area contributed by atoms with Gasteiger partial charge in [0.05, 0.1) is 6.54 Å². The highest BCUT2D eigenvalue weighted by molar-refractivity contribution is 5.83. The van der Waals surface area contributed by atoms with Gasteiger partial charge in [0.25, 0.3) is 0 Å². The Kier molecular flexibility index (Phi) is 6.04. The van der Waals surface area contributed by atoms with Gasteiger partial charge < -0.3 is 0 Å². The van der Waals surface area contributed by atoms with Crippen LogP contribution in [-0.2, 0) is 4.79 Å². The first-order valence-corrected chi connectivity index (χ1v) is 6.95. The van der Waals surface area contributed by atoms with Crippen LogP contribution in [0.2, 0.25) is 0 Å². The summed E-state index contributed by atoms with van der Waals surface area (Å²) in [6.07, 6.45) is 7.24. The van der Waals surface area contributed by atoms with Crippen LogP contribution in [0.5, 0.6) is 0 Å². The molecule has 0 aromatic carbocycles. The molecule has 0 radical (unpaired) electrons. The second kappa shape index (κ2) is 7.05. The molecule has 2 heteroatoms. The maximum absolute atomic E-state index is 12.1. The van der Waals surface area contributed by atoms with Crippen LogP contribution in [0.3, 0.4) is 0 Å². The summed E-state index contributed by atoms with van der Waals surface area (Å²) < 4.78 is 0. The van der Waals surface area contributed by atoms with Crippen LogP contribution in [0, 0.1) is 5.92 Å². The van der Waals surface area contributed by atoms with Crippen molar-refractivity contribution in [1.29, 1.82) is 0 Å². The molecule has 1 aliphatic carbocycles. The van der Waals surface area contributed by atoms with Crippen LogP contribution in [0.4, 0.5) is 0 Å². The van der Waals surface area contributed by atoms with E-state index in [4.69, 9.17) is 0 Å². The number of ketones is 1. The summed E-state index contributed by atoms with van der Waals surface area (Å²) in [6.45, 7) is 8.24. The molecule has 2 nitrogen and oxygen atoms in total. The summed E-state index contributed by atoms with van der Waals surface area (Å²) in [7, 11) is 0. The standard InChI is InChI=1S/C14H27NO/c1-4-12(3)15(5-2)11-14(16)13-9-7-6-8-10-13/h12-13H,4-11H2,1-3H3. The van der Waals surface area contributed by atoms with Gasteiger partial charge in [0.1, 0.15) is 5.78 Å². The molecule has 0 bridgehead atoms. The first kappa shape index (κ1) is 13.7. The topological polar surface area (TPSA) is 20.3 Å². The monoisotopic (exact) mass is 225 g/mol. The lowest BCUT2D eigenvalue weighted by Crippen LogP contribution is -2.39. The third-order valence-electron chi connectivity index (χ3n) is 4.04. The van der Waals surface area contributed by atoms with Crippen molar-refractivity contribution in [2.24, 2.45) is 5.92 Å². The predicted molar refractivity (Wildman–Crippen MR) is 68.6 cm³/mol. The highest BCUT2D eigenvalue weighted by atomic mass is 16.1. The van der Waals surface area contributed by atoms with Crippen LogP contribution >= 0.6 is 0 Å². The van der Waals surface area contributed by atoms with Crippen molar-refractivity contribution in [2.75, 3.05) is 13.1 Å². The molecule has 0 aromatic heterocycles. The normalized spacial score (nSPS) is 20.0. The molecule has 1 saturated carbocycles. The Morgan fingerprint density at radius 1 is 1.25 bits per heavy atom. The van der Waals surface area contributed by atoms with Crippen molar-refractivity contribution in [3.05, 3.63) is 0 Å². The summed E-state index contributed by atoms with van der Waals surface area (Å²) >= 11 is 0. The van der Waals surface area contributed by atoms with E-state index in [1.165, 1.54) is 19.3 Å². The van der Waals surface area contributed by atoms with Crippen molar-refractivity contribution in [3.8, 4) is 0 Å². The SMILES string of the molecule is CCC(C)N(CC)CC(=O)C1CCCCC1. The second-order valence-corrected chi connectivity index (χ2v) is 5.12. The van der Waals surface area contributed by atoms with Gasteiger partial charge in [-0.1, -0.05) is 33.1 Å². The first-order chi connectivity index (χ1) is 7.69. The van der Waals surface area contributed by atoms with Crippen molar-refractivity contribution in [2.45, 2.75) is 65.3 Å². The number of rotatable bonds is 6. The van der Waals surface area contributed by atoms with Gasteiger partial charge in [-0.2, -0.15) is 0 Å². The number of hydrogen-bond acceptors (Lipinski definition) is 2. The van der Waals surface area contributed by atoms with Crippen molar-refractivity contribution in [3.63, 3.8) is 0 Å². The highest BCUT2D eigenvalue weighted by Crippen LogP contribution is 2.24. The molecule has 1 rings (SSSR count). The first-order valence-electron chi connectivity index (χ1n) is 6.95. The van der Waals surface area contributed by atoms with Crippen LogP contribution in [0.25, 0.3) is 0 Å². The van der Waals surface area contributed by atoms with Gasteiger partial charge in [-0.15, -0.1) is 0 Å². The molecule has 1 fully saturated rings. The van der Waals surface area contributed by atoms with Gasteiger partial charge in [0.2, 0.25) is 0 Å². The lowest BCUT2D eigenvalue weighted by molar-refractivity contribution is -0.125. The Morgan fingerprint density at radius 3 is 2.38 bits per heavy atom. The van der Waals surface area contributed by atoms with E-state index >= 15 is 0 Å². The quantitative estimate of drug-likeness (QED) is 0.691. The van der Waals surface area contributed by atoms with E-state index in [1.807, 2.05) is 0 Å². The van der Waals surface area contributed by atoms with E-state index in [0.717, 1.165) is 25.8 Å². The Hall–Kier alpha value is -0.370. The molecule has 94 valence electrons. The van der Waals surface area contributed by atoms with Gasteiger partial charge in [0, 0.05) is 12.0 Å². The van der Waals surface area contributed by atoms with E-state index in [9.17, 15) is 4.79 Å².